The molecule has 2 saturated heterocycles. The minimum absolute atomic E-state index is 0.00940. The average Bonchev–Trinajstić information content (AvgIpc) is 3.93. The van der Waals surface area contributed by atoms with Gasteiger partial charge in [-0.25, -0.2) is 0 Å². The van der Waals surface area contributed by atoms with Crippen molar-refractivity contribution < 1.29 is 47.7 Å². The maximum atomic E-state index is 12.1. The lowest BCUT2D eigenvalue weighted by Crippen LogP contribution is -2.67. The molecule has 5 aliphatic rings. The highest BCUT2D eigenvalue weighted by atomic mass is 16.8. The molecule has 5 aromatic rings. The molecule has 3 aliphatic carbocycles. The quantitative estimate of drug-likeness (QED) is 0.0481. The van der Waals surface area contributed by atoms with Crippen molar-refractivity contribution in [3.8, 4) is 0 Å². The van der Waals surface area contributed by atoms with Crippen LogP contribution in [0.1, 0.15) is 67.9 Å². The lowest BCUT2D eigenvalue weighted by atomic mass is 9.68. The van der Waals surface area contributed by atoms with Gasteiger partial charge in [-0.05, 0) is 57.5 Å². The molecule has 70 heavy (non-hydrogen) atoms. The van der Waals surface area contributed by atoms with Crippen molar-refractivity contribution in [3.05, 3.63) is 190 Å². The molecular formula is C57H65N3O10. The normalized spacial score (nSPS) is 34.0. The Balaban J connectivity index is 1.06. The van der Waals surface area contributed by atoms with E-state index in [0.29, 0.717) is 12.3 Å². The standard InChI is InChI=1S/C57H65N3O10/c1-55(2)43-29-30-56(55,3)57(31-43)69-52-50(66-36-42-27-17-8-18-28-42)48(64-34-40-23-13-6-14-24-40)49(65-35-41-25-15-7-16-26-41)51(53(52)70-57)68-54-45(59-60-58)47(63-33-39-21-11-5-12-22-39)46(61)44(67-54)37-62-32-38-19-9-4-10-20-38/h4-28,43-54,61H,29-37H2,1-3H3/t43?,44-,45-,46-,47-,48+,49+,50-,51-,52-,53+,54-,56?,57?/m1/s1. The Labute approximate surface area is 410 Å². The second kappa shape index (κ2) is 21.4. The molecule has 1 N–H and O–H groups in total. The third kappa shape index (κ3) is 9.83. The third-order valence-electron chi connectivity index (χ3n) is 16.0. The maximum absolute atomic E-state index is 12.1. The molecule has 5 aromatic carbocycles. The number of aliphatic hydroxyl groups is 1. The fourth-order valence-corrected chi connectivity index (χ4v) is 11.7. The minimum Gasteiger partial charge on any atom is -0.388 e. The zero-order chi connectivity index (χ0) is 48.1. The molecule has 1 spiro atoms. The van der Waals surface area contributed by atoms with E-state index in [2.05, 4.69) is 30.8 Å². The van der Waals surface area contributed by atoms with Gasteiger partial charge in [-0.15, -0.1) is 0 Å². The van der Waals surface area contributed by atoms with Crippen molar-refractivity contribution >= 4 is 0 Å². The second-order valence-electron chi connectivity index (χ2n) is 20.3. The predicted octanol–water partition coefficient (Wildman–Crippen LogP) is 10.0. The molecule has 3 saturated carbocycles. The lowest BCUT2D eigenvalue weighted by molar-refractivity contribution is -0.325. The summed E-state index contributed by atoms with van der Waals surface area (Å²) < 4.78 is 63.5. The maximum Gasteiger partial charge on any atom is 0.175 e. The van der Waals surface area contributed by atoms with Crippen molar-refractivity contribution in [2.75, 3.05) is 6.61 Å². The van der Waals surface area contributed by atoms with Crippen LogP contribution in [0.4, 0.5) is 0 Å². The first-order valence-electron chi connectivity index (χ1n) is 24.8. The Kier molecular flexibility index (Phi) is 14.9. The van der Waals surface area contributed by atoms with Gasteiger partial charge in [0.15, 0.2) is 12.1 Å². The summed E-state index contributed by atoms with van der Waals surface area (Å²) in [5, 5.41) is 16.4. The van der Waals surface area contributed by atoms with E-state index < -0.39 is 73.1 Å². The van der Waals surface area contributed by atoms with Crippen LogP contribution in [0.15, 0.2) is 157 Å². The van der Waals surface area contributed by atoms with Gasteiger partial charge in [-0.3, -0.25) is 0 Å². The molecule has 2 aliphatic heterocycles. The number of hydrogen-bond acceptors (Lipinski definition) is 11. The van der Waals surface area contributed by atoms with Crippen molar-refractivity contribution in [2.45, 2.75) is 146 Å². The van der Waals surface area contributed by atoms with E-state index in [-0.39, 0.29) is 50.5 Å². The smallest absolute Gasteiger partial charge is 0.175 e. The van der Waals surface area contributed by atoms with Gasteiger partial charge in [0.25, 0.3) is 0 Å². The van der Waals surface area contributed by atoms with E-state index >= 15 is 0 Å². The van der Waals surface area contributed by atoms with Crippen LogP contribution in [0.2, 0.25) is 0 Å². The van der Waals surface area contributed by atoms with Gasteiger partial charge in [-0.2, -0.15) is 0 Å². The summed E-state index contributed by atoms with van der Waals surface area (Å²) in [6.45, 7) is 8.12. The highest BCUT2D eigenvalue weighted by Gasteiger charge is 2.76. The average molecular weight is 952 g/mol. The molecule has 368 valence electrons. The zero-order valence-corrected chi connectivity index (χ0v) is 40.2. The van der Waals surface area contributed by atoms with E-state index in [1.165, 1.54) is 0 Å². The van der Waals surface area contributed by atoms with Gasteiger partial charge < -0.3 is 47.7 Å². The van der Waals surface area contributed by atoms with Crippen LogP contribution in [0.5, 0.6) is 0 Å². The summed E-state index contributed by atoms with van der Waals surface area (Å²) in [5.74, 6) is -0.612. The molecule has 10 rings (SSSR count). The molecule has 13 nitrogen and oxygen atoms in total. The molecule has 2 heterocycles. The van der Waals surface area contributed by atoms with Crippen LogP contribution < -0.4 is 0 Å². The van der Waals surface area contributed by atoms with Crippen LogP contribution in [-0.2, 0) is 75.7 Å². The Morgan fingerprint density at radius 3 is 1.46 bits per heavy atom. The van der Waals surface area contributed by atoms with E-state index in [1.54, 1.807) is 0 Å². The molecule has 2 bridgehead atoms. The van der Waals surface area contributed by atoms with Gasteiger partial charge in [0.1, 0.15) is 54.9 Å². The molecular weight excluding hydrogens is 887 g/mol. The summed E-state index contributed by atoms with van der Waals surface area (Å²) in [4.78, 5) is 3.29. The van der Waals surface area contributed by atoms with Crippen LogP contribution >= 0.6 is 0 Å². The molecule has 0 amide bonds. The number of nitrogens with zero attached hydrogens (tertiary/aromatic N) is 3. The number of ether oxygens (including phenoxy) is 9. The first-order chi connectivity index (χ1) is 34.2. The SMILES string of the molecule is CC1(C)C2CCC1(C)C1(C2)O[C@@H]2[C@H](OCc3ccccc3)[C@@H](OCc3ccccc3)[C@H](OCc3ccccc3)[C@@H](O[C@H]3O[C@H](COCc4ccccc4)[C@@H](O)[C@H](OCc4ccccc4)[C@H]3N=[N+]=[N-])[C@@H]2O1. The van der Waals surface area contributed by atoms with E-state index in [0.717, 1.165) is 40.7 Å². The third-order valence-corrected chi connectivity index (χ3v) is 16.0. The number of benzene rings is 5. The predicted molar refractivity (Wildman–Crippen MR) is 260 cm³/mol. The van der Waals surface area contributed by atoms with Crippen LogP contribution in [0.25, 0.3) is 10.4 Å². The molecule has 0 aromatic heterocycles. The van der Waals surface area contributed by atoms with Gasteiger partial charge >= 0.3 is 0 Å². The van der Waals surface area contributed by atoms with E-state index in [4.69, 9.17) is 42.6 Å². The van der Waals surface area contributed by atoms with Crippen LogP contribution in [-0.4, -0.2) is 84.8 Å². The summed E-state index contributed by atoms with van der Waals surface area (Å²) in [6, 6.07) is 48.4. The summed E-state index contributed by atoms with van der Waals surface area (Å²) in [6.07, 6.45) is -6.58. The van der Waals surface area contributed by atoms with Crippen molar-refractivity contribution in [2.24, 2.45) is 21.9 Å². The molecule has 14 atom stereocenters. The number of hydrogen-bond donors (Lipinski definition) is 1. The first kappa shape index (κ1) is 48.6. The lowest BCUT2D eigenvalue weighted by Gasteiger charge is -2.49. The minimum atomic E-state index is -1.28. The fraction of sp³-hybridized carbons (Fsp3) is 0.474. The summed E-state index contributed by atoms with van der Waals surface area (Å²) in [7, 11) is 0. The fourth-order valence-electron chi connectivity index (χ4n) is 11.7. The van der Waals surface area contributed by atoms with Gasteiger partial charge in [0, 0.05) is 16.7 Å². The number of fused-ring (bicyclic) bond motifs is 4. The Hall–Kier alpha value is -4.99. The first-order valence-corrected chi connectivity index (χ1v) is 24.8. The largest absolute Gasteiger partial charge is 0.388 e. The Morgan fingerprint density at radius 2 is 1.01 bits per heavy atom. The Morgan fingerprint density at radius 1 is 0.586 bits per heavy atom. The molecule has 0 radical (unpaired) electrons. The van der Waals surface area contributed by atoms with Gasteiger partial charge in [-0.1, -0.05) is 178 Å². The van der Waals surface area contributed by atoms with Gasteiger partial charge in [0.2, 0.25) is 0 Å². The van der Waals surface area contributed by atoms with Crippen molar-refractivity contribution in [1.82, 2.24) is 0 Å². The van der Waals surface area contributed by atoms with Crippen molar-refractivity contribution in [3.63, 3.8) is 0 Å². The molecule has 3 unspecified atom stereocenters. The number of azide groups is 1. The molecule has 5 fully saturated rings. The monoisotopic (exact) mass is 951 g/mol. The van der Waals surface area contributed by atoms with Gasteiger partial charge in [0.05, 0.1) is 45.7 Å². The highest BCUT2D eigenvalue weighted by Crippen LogP contribution is 2.73. The Bertz CT molecular complexity index is 2490. The van der Waals surface area contributed by atoms with E-state index in [1.807, 2.05) is 152 Å². The number of aliphatic hydroxyl groups excluding tert-OH is 1. The summed E-state index contributed by atoms with van der Waals surface area (Å²) in [5.41, 5.74) is 14.6. The second-order valence-corrected chi connectivity index (χ2v) is 20.3. The van der Waals surface area contributed by atoms with E-state index in [9.17, 15) is 10.6 Å². The zero-order valence-electron chi connectivity index (χ0n) is 40.2. The highest BCUT2D eigenvalue weighted by molar-refractivity contribution is 5.22. The topological polar surface area (TPSA) is 152 Å². The van der Waals surface area contributed by atoms with Crippen LogP contribution in [0, 0.1) is 16.7 Å². The summed E-state index contributed by atoms with van der Waals surface area (Å²) >= 11 is 0. The number of rotatable bonds is 19. The molecule has 13 heteroatoms. The van der Waals surface area contributed by atoms with Crippen LogP contribution in [0.3, 0.4) is 0 Å². The van der Waals surface area contributed by atoms with Crippen molar-refractivity contribution in [1.29, 1.82) is 0 Å².